The van der Waals surface area contributed by atoms with E-state index in [1.165, 1.54) is 71.1 Å². The van der Waals surface area contributed by atoms with Crippen LogP contribution in [0.2, 0.25) is 0 Å². The Morgan fingerprint density at radius 1 is 0.939 bits per heavy atom. The molecule has 0 aromatic heterocycles. The van der Waals surface area contributed by atoms with E-state index in [2.05, 4.69) is 97.0 Å². The fraction of sp³-hybridized carbons (Fsp3) is 0.515. The van der Waals surface area contributed by atoms with E-state index in [1.807, 2.05) is 0 Å². The van der Waals surface area contributed by atoms with Crippen LogP contribution in [0.3, 0.4) is 0 Å². The Balaban J connectivity index is 1.96. The van der Waals surface area contributed by atoms with E-state index in [1.54, 1.807) is 5.56 Å². The summed E-state index contributed by atoms with van der Waals surface area (Å²) in [5.41, 5.74) is 12.0. The first kappa shape index (κ1) is 24.1. The molecular formula is C33H44. The molecule has 0 saturated heterocycles. The van der Waals surface area contributed by atoms with E-state index in [-0.39, 0.29) is 0 Å². The normalized spacial score (nSPS) is 22.3. The van der Waals surface area contributed by atoms with Crippen molar-refractivity contribution in [1.29, 1.82) is 0 Å². The van der Waals surface area contributed by atoms with Crippen LogP contribution in [-0.4, -0.2) is 0 Å². The standard InChI is InChI=1S/C33H44/c1-8-25(9-2)24(7)27-13-12-26-14-15-28-16-17-29(30(26)20-27)31-19-22(5)18-23(6)32(31)21-33(28,10-3)11-4/h12-15,17-20,24-25,28H,8-11,16,21H2,1-7H3/b15-14-,29-17+. The molecule has 4 rings (SSSR count). The van der Waals surface area contributed by atoms with E-state index in [9.17, 15) is 0 Å². The number of rotatable bonds is 6. The average Bonchev–Trinajstić information content (AvgIpc) is 2.79. The van der Waals surface area contributed by atoms with Gasteiger partial charge in [-0.1, -0.05) is 102 Å². The molecule has 0 heterocycles. The van der Waals surface area contributed by atoms with E-state index < -0.39 is 0 Å². The Hall–Kier alpha value is -2.08. The molecule has 0 spiro atoms. The average molecular weight is 441 g/mol. The summed E-state index contributed by atoms with van der Waals surface area (Å²) in [6.07, 6.45) is 14.9. The topological polar surface area (TPSA) is 0 Å². The lowest BCUT2D eigenvalue weighted by Gasteiger charge is -2.42. The summed E-state index contributed by atoms with van der Waals surface area (Å²) in [4.78, 5) is 0. The highest BCUT2D eigenvalue weighted by Crippen LogP contribution is 2.48. The van der Waals surface area contributed by atoms with E-state index in [0.29, 0.717) is 17.3 Å². The summed E-state index contributed by atoms with van der Waals surface area (Å²) < 4.78 is 0. The highest BCUT2D eigenvalue weighted by atomic mass is 14.4. The van der Waals surface area contributed by atoms with Crippen LogP contribution in [0.5, 0.6) is 0 Å². The van der Waals surface area contributed by atoms with Gasteiger partial charge in [-0.25, -0.2) is 0 Å². The van der Waals surface area contributed by atoms with Gasteiger partial charge < -0.3 is 0 Å². The van der Waals surface area contributed by atoms with Crippen molar-refractivity contribution in [2.24, 2.45) is 17.3 Å². The molecule has 0 nitrogen and oxygen atoms in total. The second-order valence-electron chi connectivity index (χ2n) is 10.9. The van der Waals surface area contributed by atoms with Gasteiger partial charge in [0.2, 0.25) is 0 Å². The first-order valence-electron chi connectivity index (χ1n) is 13.5. The van der Waals surface area contributed by atoms with Gasteiger partial charge in [0.1, 0.15) is 0 Å². The largest absolute Gasteiger partial charge is 0.0799 e. The van der Waals surface area contributed by atoms with Gasteiger partial charge in [-0.3, -0.25) is 0 Å². The van der Waals surface area contributed by atoms with Crippen molar-refractivity contribution in [1.82, 2.24) is 0 Å². The first-order valence-corrected chi connectivity index (χ1v) is 13.5. The van der Waals surface area contributed by atoms with Gasteiger partial charge >= 0.3 is 0 Å². The predicted octanol–water partition coefficient (Wildman–Crippen LogP) is 9.67. The van der Waals surface area contributed by atoms with Gasteiger partial charge in [-0.15, -0.1) is 0 Å². The van der Waals surface area contributed by atoms with E-state index in [0.717, 1.165) is 12.3 Å². The maximum atomic E-state index is 2.59. The maximum Gasteiger partial charge on any atom is -0.0106 e. The van der Waals surface area contributed by atoms with Crippen LogP contribution in [-0.2, 0) is 6.42 Å². The van der Waals surface area contributed by atoms with Crippen LogP contribution in [0, 0.1) is 31.1 Å². The Bertz CT molecular complexity index is 1060. The molecule has 2 bridgehead atoms. The van der Waals surface area contributed by atoms with E-state index in [4.69, 9.17) is 0 Å². The molecule has 0 saturated carbocycles. The summed E-state index contributed by atoms with van der Waals surface area (Å²) in [5, 5.41) is 0. The lowest BCUT2D eigenvalue weighted by molar-refractivity contribution is 0.177. The van der Waals surface area contributed by atoms with Crippen molar-refractivity contribution in [2.45, 2.75) is 92.9 Å². The van der Waals surface area contributed by atoms with E-state index >= 15 is 0 Å². The van der Waals surface area contributed by atoms with Crippen molar-refractivity contribution < 1.29 is 0 Å². The number of aryl methyl sites for hydroxylation is 2. The fourth-order valence-corrected chi connectivity index (χ4v) is 6.85. The Kier molecular flexibility index (Phi) is 7.04. The zero-order chi connectivity index (χ0) is 23.8. The molecule has 2 aromatic carbocycles. The second kappa shape index (κ2) is 9.65. The van der Waals surface area contributed by atoms with Crippen LogP contribution in [0.4, 0.5) is 0 Å². The SMILES string of the molecule is CCC(CC)C(C)c1ccc2c(c1)/C1=C\CC(/C=C\2)C(CC)(CC)Cc2c(C)cc(C)cc21. The minimum atomic E-state index is 0.328. The van der Waals surface area contributed by atoms with Gasteiger partial charge in [0, 0.05) is 0 Å². The van der Waals surface area contributed by atoms with Crippen LogP contribution in [0.1, 0.15) is 112 Å². The lowest BCUT2D eigenvalue weighted by atomic mass is 9.63. The molecule has 176 valence electrons. The fourth-order valence-electron chi connectivity index (χ4n) is 6.85. The zero-order valence-electron chi connectivity index (χ0n) is 22.1. The molecule has 0 fully saturated rings. The Labute approximate surface area is 203 Å². The monoisotopic (exact) mass is 440 g/mol. The minimum absolute atomic E-state index is 0.328. The van der Waals surface area contributed by atoms with Crippen molar-refractivity contribution in [3.8, 4) is 0 Å². The molecule has 2 aromatic rings. The van der Waals surface area contributed by atoms with Gasteiger partial charge in [0.15, 0.2) is 0 Å². The Morgan fingerprint density at radius 3 is 2.33 bits per heavy atom. The Morgan fingerprint density at radius 2 is 1.67 bits per heavy atom. The van der Waals surface area contributed by atoms with Crippen LogP contribution < -0.4 is 0 Å². The maximum absolute atomic E-state index is 2.59. The summed E-state index contributed by atoms with van der Waals surface area (Å²) in [6, 6.07) is 12.2. The molecule has 2 unspecified atom stereocenters. The smallest absolute Gasteiger partial charge is 0.0106 e. The number of fused-ring (bicyclic) bond motifs is 6. The second-order valence-corrected chi connectivity index (χ2v) is 10.9. The molecule has 0 amide bonds. The van der Waals surface area contributed by atoms with Crippen molar-refractivity contribution in [3.63, 3.8) is 0 Å². The molecule has 2 aliphatic rings. The third-order valence-electron chi connectivity index (χ3n) is 9.36. The van der Waals surface area contributed by atoms with Gasteiger partial charge in [-0.2, -0.15) is 0 Å². The predicted molar refractivity (Wildman–Crippen MR) is 146 cm³/mol. The minimum Gasteiger partial charge on any atom is -0.0799 e. The van der Waals surface area contributed by atoms with Gasteiger partial charge in [-0.05, 0) is 102 Å². The van der Waals surface area contributed by atoms with Crippen molar-refractivity contribution in [3.05, 3.63) is 81.4 Å². The van der Waals surface area contributed by atoms with Crippen LogP contribution in [0.15, 0.2) is 42.5 Å². The molecule has 33 heavy (non-hydrogen) atoms. The lowest BCUT2D eigenvalue weighted by Crippen LogP contribution is -2.33. The molecule has 0 aliphatic heterocycles. The van der Waals surface area contributed by atoms with Crippen LogP contribution >= 0.6 is 0 Å². The third kappa shape index (κ3) is 4.27. The van der Waals surface area contributed by atoms with Gasteiger partial charge in [0.05, 0.1) is 0 Å². The first-order chi connectivity index (χ1) is 15.9. The highest BCUT2D eigenvalue weighted by Gasteiger charge is 2.37. The van der Waals surface area contributed by atoms with Gasteiger partial charge in [0.25, 0.3) is 0 Å². The number of hydrogen-bond donors (Lipinski definition) is 0. The summed E-state index contributed by atoms with van der Waals surface area (Å²) in [7, 11) is 0. The number of benzene rings is 2. The molecule has 0 radical (unpaired) electrons. The third-order valence-corrected chi connectivity index (χ3v) is 9.36. The molecule has 2 atom stereocenters. The van der Waals surface area contributed by atoms with Crippen molar-refractivity contribution >= 4 is 11.6 Å². The molecule has 2 aliphatic carbocycles. The quantitative estimate of drug-likeness (QED) is 0.419. The molecule has 0 heteroatoms. The highest BCUT2D eigenvalue weighted by molar-refractivity contribution is 5.87. The molecule has 0 N–H and O–H groups in total. The zero-order valence-corrected chi connectivity index (χ0v) is 22.1. The van der Waals surface area contributed by atoms with Crippen LogP contribution in [0.25, 0.3) is 11.6 Å². The number of hydrogen-bond acceptors (Lipinski definition) is 0. The van der Waals surface area contributed by atoms with Crippen molar-refractivity contribution in [2.75, 3.05) is 0 Å². The number of allylic oxidation sites excluding steroid dienone is 2. The summed E-state index contributed by atoms with van der Waals surface area (Å²) in [6.45, 7) is 16.5. The molecular weight excluding hydrogens is 396 g/mol. The summed E-state index contributed by atoms with van der Waals surface area (Å²) in [5.74, 6) is 1.93. The summed E-state index contributed by atoms with van der Waals surface area (Å²) >= 11 is 0.